The topological polar surface area (TPSA) is 91.4 Å². The largest absolute Gasteiger partial charge is 0.466 e. The molecule has 0 atom stereocenters. The maximum Gasteiger partial charge on any atom is 0.355 e. The predicted molar refractivity (Wildman–Crippen MR) is 96.0 cm³/mol. The molecular weight excluding hydrogens is 354 g/mol. The molecule has 1 aromatic rings. The van der Waals surface area contributed by atoms with Crippen LogP contribution >= 0.6 is 0 Å². The van der Waals surface area contributed by atoms with E-state index in [1.165, 1.54) is 19.1 Å². The Balaban J connectivity index is 2.36. The van der Waals surface area contributed by atoms with Gasteiger partial charge in [0.1, 0.15) is 18.0 Å². The van der Waals surface area contributed by atoms with E-state index in [-0.39, 0.29) is 24.6 Å². The van der Waals surface area contributed by atoms with Gasteiger partial charge in [-0.1, -0.05) is 0 Å². The first-order chi connectivity index (χ1) is 12.7. The van der Waals surface area contributed by atoms with Crippen LogP contribution in [0.25, 0.3) is 0 Å². The van der Waals surface area contributed by atoms with Gasteiger partial charge in [0.15, 0.2) is 0 Å². The van der Waals surface area contributed by atoms with E-state index in [4.69, 9.17) is 18.9 Å². The van der Waals surface area contributed by atoms with Crippen molar-refractivity contribution in [3.63, 3.8) is 0 Å². The monoisotopic (exact) mass is 377 g/mol. The predicted octanol–water partition coefficient (Wildman–Crippen LogP) is 2.04. The van der Waals surface area contributed by atoms with Crippen molar-refractivity contribution in [1.29, 1.82) is 0 Å². The van der Waals surface area contributed by atoms with Crippen molar-refractivity contribution >= 4 is 23.6 Å². The minimum atomic E-state index is -0.685. The first kappa shape index (κ1) is 20.4. The van der Waals surface area contributed by atoms with Gasteiger partial charge in [0.05, 0.1) is 32.0 Å². The Morgan fingerprint density at radius 2 is 1.56 bits per heavy atom. The highest BCUT2D eigenvalue weighted by Gasteiger charge is 2.32. The van der Waals surface area contributed by atoms with Gasteiger partial charge in [-0.2, -0.15) is 0 Å². The third kappa shape index (κ3) is 4.85. The second-order valence-corrected chi connectivity index (χ2v) is 6.76. The summed E-state index contributed by atoms with van der Waals surface area (Å²) in [5.74, 6) is -1.82. The summed E-state index contributed by atoms with van der Waals surface area (Å²) in [6.45, 7) is 5.32. The molecule has 1 heterocycles. The second kappa shape index (κ2) is 8.22. The molecule has 1 aliphatic rings. The van der Waals surface area contributed by atoms with Crippen molar-refractivity contribution in [3.8, 4) is 0 Å². The van der Waals surface area contributed by atoms with E-state index in [2.05, 4.69) is 0 Å². The summed E-state index contributed by atoms with van der Waals surface area (Å²) in [6, 6.07) is 6.41. The Hall–Kier alpha value is -2.87. The van der Waals surface area contributed by atoms with Crippen LogP contribution in [0.3, 0.4) is 0 Å². The number of carbonyl (C=O) groups is 3. The van der Waals surface area contributed by atoms with Gasteiger partial charge in [-0.25, -0.2) is 14.4 Å². The second-order valence-electron chi connectivity index (χ2n) is 6.76. The quantitative estimate of drug-likeness (QED) is 0.581. The fourth-order valence-corrected chi connectivity index (χ4v) is 2.46. The number of methoxy groups -OCH3 is 2. The summed E-state index contributed by atoms with van der Waals surface area (Å²) in [7, 11) is 2.45. The normalized spacial score (nSPS) is 14.6. The number of anilines is 1. The van der Waals surface area contributed by atoms with Crippen LogP contribution in [-0.4, -0.2) is 51.1 Å². The lowest BCUT2D eigenvalue weighted by Gasteiger charge is -2.31. The lowest BCUT2D eigenvalue weighted by Crippen LogP contribution is -2.38. The molecule has 8 nitrogen and oxygen atoms in total. The van der Waals surface area contributed by atoms with Crippen molar-refractivity contribution in [2.75, 3.05) is 32.5 Å². The zero-order chi connectivity index (χ0) is 20.2. The molecular formula is C19H23NO7. The number of hydrogen-bond acceptors (Lipinski definition) is 8. The standard InChI is InChI=1S/C19H23NO7/c1-19(2,3)27-16(21)12-6-8-13(9-7-12)20-11-26-10-14(17(22)24-4)15(20)18(23)25-5/h6-9H,10-11H2,1-5H3. The van der Waals surface area contributed by atoms with Crippen LogP contribution in [-0.2, 0) is 28.5 Å². The van der Waals surface area contributed by atoms with Gasteiger partial charge in [-0.15, -0.1) is 0 Å². The van der Waals surface area contributed by atoms with Gasteiger partial charge < -0.3 is 23.8 Å². The highest BCUT2D eigenvalue weighted by atomic mass is 16.6. The highest BCUT2D eigenvalue weighted by molar-refractivity contribution is 6.03. The number of hydrogen-bond donors (Lipinski definition) is 0. The summed E-state index contributed by atoms with van der Waals surface area (Å²) < 4.78 is 20.3. The Bertz CT molecular complexity index is 759. The van der Waals surface area contributed by atoms with E-state index in [1.807, 2.05) is 0 Å². The molecule has 0 radical (unpaired) electrons. The summed E-state index contributed by atoms with van der Waals surface area (Å²) >= 11 is 0. The van der Waals surface area contributed by atoms with E-state index < -0.39 is 23.5 Å². The average Bonchev–Trinajstić information content (AvgIpc) is 2.64. The molecule has 0 fully saturated rings. The smallest absolute Gasteiger partial charge is 0.355 e. The van der Waals surface area contributed by atoms with Crippen LogP contribution in [0.4, 0.5) is 5.69 Å². The number of ether oxygens (including phenoxy) is 4. The molecule has 0 aromatic heterocycles. The van der Waals surface area contributed by atoms with Crippen LogP contribution in [0.1, 0.15) is 31.1 Å². The molecule has 1 aromatic carbocycles. The first-order valence-corrected chi connectivity index (χ1v) is 8.26. The van der Waals surface area contributed by atoms with Gasteiger partial charge in [0.25, 0.3) is 0 Å². The highest BCUT2D eigenvalue weighted by Crippen LogP contribution is 2.27. The van der Waals surface area contributed by atoms with Crippen LogP contribution in [0.15, 0.2) is 35.5 Å². The average molecular weight is 377 g/mol. The van der Waals surface area contributed by atoms with E-state index >= 15 is 0 Å². The first-order valence-electron chi connectivity index (χ1n) is 8.26. The number of carbonyl (C=O) groups excluding carboxylic acids is 3. The van der Waals surface area contributed by atoms with E-state index in [1.54, 1.807) is 45.0 Å². The van der Waals surface area contributed by atoms with E-state index in [0.29, 0.717) is 11.3 Å². The fourth-order valence-electron chi connectivity index (χ4n) is 2.46. The fraction of sp³-hybridized carbons (Fsp3) is 0.421. The molecule has 146 valence electrons. The van der Waals surface area contributed by atoms with E-state index in [0.717, 1.165) is 0 Å². The molecule has 0 bridgehead atoms. The number of nitrogens with zero attached hydrogens (tertiary/aromatic N) is 1. The van der Waals surface area contributed by atoms with Crippen molar-refractivity contribution in [3.05, 3.63) is 41.1 Å². The summed E-state index contributed by atoms with van der Waals surface area (Å²) in [6.07, 6.45) is 0. The Labute approximate surface area is 157 Å². The minimum absolute atomic E-state index is 0.0384. The van der Waals surface area contributed by atoms with Crippen molar-refractivity contribution < 1.29 is 33.3 Å². The van der Waals surface area contributed by atoms with Gasteiger partial charge in [-0.3, -0.25) is 0 Å². The molecule has 0 spiro atoms. The van der Waals surface area contributed by atoms with Crippen LogP contribution in [0.2, 0.25) is 0 Å². The number of benzene rings is 1. The van der Waals surface area contributed by atoms with Gasteiger partial charge in [-0.05, 0) is 45.0 Å². The van der Waals surface area contributed by atoms with Crippen LogP contribution < -0.4 is 4.90 Å². The Kier molecular flexibility index (Phi) is 6.22. The lowest BCUT2D eigenvalue weighted by atomic mass is 10.1. The molecule has 0 saturated carbocycles. The number of rotatable bonds is 4. The summed E-state index contributed by atoms with van der Waals surface area (Å²) in [5, 5.41) is 0. The third-order valence-electron chi connectivity index (χ3n) is 3.65. The third-order valence-corrected chi connectivity index (χ3v) is 3.65. The van der Waals surface area contributed by atoms with E-state index in [9.17, 15) is 14.4 Å². The molecule has 0 aliphatic carbocycles. The van der Waals surface area contributed by atoms with Gasteiger partial charge in [0, 0.05) is 5.69 Å². The molecule has 0 saturated heterocycles. The zero-order valence-corrected chi connectivity index (χ0v) is 16.0. The molecule has 0 amide bonds. The van der Waals surface area contributed by atoms with Crippen molar-refractivity contribution in [2.45, 2.75) is 26.4 Å². The van der Waals surface area contributed by atoms with Crippen molar-refractivity contribution in [1.82, 2.24) is 0 Å². The summed E-state index contributed by atoms with van der Waals surface area (Å²) in [4.78, 5) is 37.9. The molecule has 1 aliphatic heterocycles. The lowest BCUT2D eigenvalue weighted by molar-refractivity contribution is -0.140. The molecule has 0 unspecified atom stereocenters. The SMILES string of the molecule is COC(=O)C1=C(C(=O)OC)N(c2ccc(C(=O)OC(C)(C)C)cc2)COC1. The Morgan fingerprint density at radius 1 is 0.963 bits per heavy atom. The minimum Gasteiger partial charge on any atom is -0.466 e. The summed E-state index contributed by atoms with van der Waals surface area (Å²) in [5.41, 5.74) is 0.409. The number of esters is 3. The van der Waals surface area contributed by atoms with Crippen LogP contribution in [0.5, 0.6) is 0 Å². The molecule has 27 heavy (non-hydrogen) atoms. The van der Waals surface area contributed by atoms with Gasteiger partial charge in [0.2, 0.25) is 0 Å². The molecule has 8 heteroatoms. The molecule has 0 N–H and O–H groups in total. The maximum atomic E-state index is 12.3. The van der Waals surface area contributed by atoms with Crippen LogP contribution in [0, 0.1) is 0 Å². The maximum absolute atomic E-state index is 12.3. The Morgan fingerprint density at radius 3 is 2.07 bits per heavy atom. The molecule has 2 rings (SSSR count). The zero-order valence-electron chi connectivity index (χ0n) is 16.0. The van der Waals surface area contributed by atoms with Gasteiger partial charge >= 0.3 is 17.9 Å². The van der Waals surface area contributed by atoms with Crippen molar-refractivity contribution in [2.24, 2.45) is 0 Å².